The van der Waals surface area contributed by atoms with Gasteiger partial charge in [0.2, 0.25) is 5.91 Å². The number of hydrogen-bond acceptors (Lipinski definition) is 2. The Hall–Kier alpha value is -2.00. The van der Waals surface area contributed by atoms with Crippen LogP contribution in [0.2, 0.25) is 5.02 Å². The molecular weight excluding hydrogens is 380 g/mol. The van der Waals surface area contributed by atoms with Crippen molar-refractivity contribution in [3.63, 3.8) is 0 Å². The van der Waals surface area contributed by atoms with E-state index in [1.807, 2.05) is 12.1 Å². The van der Waals surface area contributed by atoms with Gasteiger partial charge in [-0.3, -0.25) is 4.79 Å². The molecule has 1 saturated heterocycles. The Morgan fingerprint density at radius 2 is 1.79 bits per heavy atom. The molecule has 0 radical (unpaired) electrons. The van der Waals surface area contributed by atoms with Gasteiger partial charge in [0.1, 0.15) is 0 Å². The number of likely N-dealkylation sites (tertiary alicyclic amines) is 1. The Kier molecular flexibility index (Phi) is 6.44. The van der Waals surface area contributed by atoms with Crippen molar-refractivity contribution in [3.8, 4) is 0 Å². The highest BCUT2D eigenvalue weighted by Crippen LogP contribution is 2.32. The lowest BCUT2D eigenvalue weighted by atomic mass is 9.94. The Morgan fingerprint density at radius 3 is 2.52 bits per heavy atom. The lowest BCUT2D eigenvalue weighted by molar-refractivity contribution is -0.133. The van der Waals surface area contributed by atoms with Crippen molar-refractivity contribution in [3.05, 3.63) is 64.7 Å². The molecule has 0 spiro atoms. The van der Waals surface area contributed by atoms with Crippen LogP contribution in [0.25, 0.3) is 0 Å². The molecule has 1 aliphatic carbocycles. The van der Waals surface area contributed by atoms with Gasteiger partial charge in [-0.2, -0.15) is 0 Å². The van der Waals surface area contributed by atoms with Crippen molar-refractivity contribution >= 4 is 23.2 Å². The van der Waals surface area contributed by atoms with E-state index >= 15 is 0 Å². The van der Waals surface area contributed by atoms with Gasteiger partial charge >= 0.3 is 0 Å². The molecule has 2 aliphatic rings. The Labute approximate surface area is 179 Å². The topological polar surface area (TPSA) is 23.6 Å². The molecule has 2 aromatic carbocycles. The van der Waals surface area contributed by atoms with Crippen LogP contribution in [0.1, 0.15) is 49.7 Å². The zero-order chi connectivity index (χ0) is 20.2. The van der Waals surface area contributed by atoms with E-state index in [2.05, 4.69) is 53.2 Å². The van der Waals surface area contributed by atoms with Crippen LogP contribution in [0.3, 0.4) is 0 Å². The lowest BCUT2D eigenvalue weighted by Gasteiger charge is -2.31. The van der Waals surface area contributed by atoms with Crippen LogP contribution in [-0.2, 0) is 17.8 Å². The first-order valence-corrected chi connectivity index (χ1v) is 11.3. The van der Waals surface area contributed by atoms with Crippen molar-refractivity contribution in [2.75, 3.05) is 18.5 Å². The van der Waals surface area contributed by atoms with Crippen LogP contribution >= 0.6 is 11.6 Å². The molecule has 2 fully saturated rings. The molecule has 1 atom stereocenters. The summed E-state index contributed by atoms with van der Waals surface area (Å²) < 4.78 is 0. The average molecular weight is 411 g/mol. The first-order chi connectivity index (χ1) is 14.1. The van der Waals surface area contributed by atoms with Crippen molar-refractivity contribution < 1.29 is 4.79 Å². The molecule has 29 heavy (non-hydrogen) atoms. The molecule has 4 heteroatoms. The van der Waals surface area contributed by atoms with Gasteiger partial charge in [-0.15, -0.1) is 0 Å². The second kappa shape index (κ2) is 9.21. The molecule has 0 bridgehead atoms. The highest BCUT2D eigenvalue weighted by molar-refractivity contribution is 6.31. The first-order valence-electron chi connectivity index (χ1n) is 11.0. The Morgan fingerprint density at radius 1 is 1.03 bits per heavy atom. The highest BCUT2D eigenvalue weighted by atomic mass is 35.5. The second-order valence-electron chi connectivity index (χ2n) is 8.63. The van der Waals surface area contributed by atoms with Gasteiger partial charge in [0, 0.05) is 42.8 Å². The number of halogens is 1. The molecule has 0 aromatic heterocycles. The zero-order valence-corrected chi connectivity index (χ0v) is 18.1. The number of hydrogen-bond donors (Lipinski definition) is 0. The summed E-state index contributed by atoms with van der Waals surface area (Å²) in [5.41, 5.74) is 3.46. The van der Waals surface area contributed by atoms with Crippen molar-refractivity contribution in [1.82, 2.24) is 4.90 Å². The van der Waals surface area contributed by atoms with Gasteiger partial charge in [0.05, 0.1) is 0 Å². The Bertz CT molecular complexity index is 832. The van der Waals surface area contributed by atoms with Crippen molar-refractivity contribution in [2.24, 2.45) is 5.92 Å². The summed E-state index contributed by atoms with van der Waals surface area (Å²) in [4.78, 5) is 17.3. The second-order valence-corrected chi connectivity index (χ2v) is 9.04. The lowest BCUT2D eigenvalue weighted by Crippen LogP contribution is -2.39. The fourth-order valence-electron chi connectivity index (χ4n) is 4.86. The molecule has 1 heterocycles. The van der Waals surface area contributed by atoms with E-state index in [4.69, 9.17) is 11.6 Å². The van der Waals surface area contributed by atoms with E-state index in [9.17, 15) is 4.79 Å². The van der Waals surface area contributed by atoms with Crippen LogP contribution < -0.4 is 4.90 Å². The van der Waals surface area contributed by atoms with Gasteiger partial charge in [-0.1, -0.05) is 67.3 Å². The summed E-state index contributed by atoms with van der Waals surface area (Å²) in [6.45, 7) is 1.76. The fraction of sp³-hybridized carbons (Fsp3) is 0.480. The van der Waals surface area contributed by atoms with Gasteiger partial charge in [0.15, 0.2) is 0 Å². The minimum Gasteiger partial charge on any atom is -0.370 e. The molecule has 0 N–H and O–H groups in total. The van der Waals surface area contributed by atoms with E-state index in [1.165, 1.54) is 37.7 Å². The molecule has 1 amide bonds. The largest absolute Gasteiger partial charge is 0.370 e. The minimum absolute atomic E-state index is 0.0855. The van der Waals surface area contributed by atoms with Crippen LogP contribution in [0.4, 0.5) is 5.69 Å². The summed E-state index contributed by atoms with van der Waals surface area (Å²) in [5, 5.41) is 0.770. The summed E-state index contributed by atoms with van der Waals surface area (Å²) in [5.74, 6) is 0.431. The number of benzene rings is 2. The number of carbonyl (C=O) groups is 1. The third kappa shape index (κ3) is 4.78. The minimum atomic E-state index is 0.0855. The van der Waals surface area contributed by atoms with E-state index in [0.717, 1.165) is 42.2 Å². The number of anilines is 1. The standard InChI is InChI=1S/C25H31ClN2O/c1-27(18-19-8-4-2-5-9-19)23-13-12-20(24(26)17-23)16-21-14-15-28(25(21)29)22-10-6-3-7-11-22/h2,4-5,8-9,12-13,17,21-22H,3,6-7,10-11,14-16,18H2,1H3. The van der Waals surface area contributed by atoms with Gasteiger partial charge in [-0.05, 0) is 48.9 Å². The summed E-state index contributed by atoms with van der Waals surface area (Å²) in [6.07, 6.45) is 7.93. The molecule has 4 rings (SSSR count). The van der Waals surface area contributed by atoms with Crippen LogP contribution in [0.5, 0.6) is 0 Å². The maximum atomic E-state index is 13.0. The highest BCUT2D eigenvalue weighted by Gasteiger charge is 2.36. The van der Waals surface area contributed by atoms with Crippen molar-refractivity contribution in [1.29, 1.82) is 0 Å². The predicted octanol–water partition coefficient (Wildman–Crippen LogP) is 5.70. The molecule has 1 saturated carbocycles. The molecular formula is C25H31ClN2O. The van der Waals surface area contributed by atoms with Gasteiger partial charge in [0.25, 0.3) is 0 Å². The summed E-state index contributed by atoms with van der Waals surface area (Å²) in [6, 6.07) is 17.2. The summed E-state index contributed by atoms with van der Waals surface area (Å²) in [7, 11) is 2.08. The predicted molar refractivity (Wildman–Crippen MR) is 120 cm³/mol. The fourth-order valence-corrected chi connectivity index (χ4v) is 5.11. The SMILES string of the molecule is CN(Cc1ccccc1)c1ccc(CC2CCN(C3CCCCC3)C2=O)c(Cl)c1. The quantitative estimate of drug-likeness (QED) is 0.609. The Balaban J connectivity index is 1.39. The van der Waals surface area contributed by atoms with E-state index in [-0.39, 0.29) is 5.92 Å². The van der Waals surface area contributed by atoms with Crippen LogP contribution in [0.15, 0.2) is 48.5 Å². The summed E-state index contributed by atoms with van der Waals surface area (Å²) >= 11 is 6.64. The molecule has 3 nitrogen and oxygen atoms in total. The number of rotatable bonds is 6. The third-order valence-electron chi connectivity index (χ3n) is 6.57. The van der Waals surface area contributed by atoms with E-state index in [0.29, 0.717) is 11.9 Å². The van der Waals surface area contributed by atoms with Gasteiger partial charge < -0.3 is 9.80 Å². The zero-order valence-electron chi connectivity index (χ0n) is 17.3. The first kappa shape index (κ1) is 20.3. The third-order valence-corrected chi connectivity index (χ3v) is 6.92. The van der Waals surface area contributed by atoms with Crippen molar-refractivity contribution in [2.45, 2.75) is 57.5 Å². The van der Waals surface area contributed by atoms with E-state index < -0.39 is 0 Å². The number of amides is 1. The maximum Gasteiger partial charge on any atom is 0.226 e. The monoisotopic (exact) mass is 410 g/mol. The smallest absolute Gasteiger partial charge is 0.226 e. The van der Waals surface area contributed by atoms with Crippen LogP contribution in [-0.4, -0.2) is 30.4 Å². The number of carbonyl (C=O) groups excluding carboxylic acids is 1. The molecule has 2 aromatic rings. The molecule has 1 unspecified atom stereocenters. The maximum absolute atomic E-state index is 13.0. The molecule has 154 valence electrons. The van der Waals surface area contributed by atoms with Crippen LogP contribution in [0, 0.1) is 5.92 Å². The van der Waals surface area contributed by atoms with Gasteiger partial charge in [-0.25, -0.2) is 0 Å². The molecule has 1 aliphatic heterocycles. The number of nitrogens with zero attached hydrogens (tertiary/aromatic N) is 2. The average Bonchev–Trinajstić information content (AvgIpc) is 3.11. The van der Waals surface area contributed by atoms with E-state index in [1.54, 1.807) is 0 Å². The normalized spacial score (nSPS) is 20.3.